The van der Waals surface area contributed by atoms with Gasteiger partial charge >= 0.3 is 5.97 Å². The standard InChI is InChI=1S/C70H113NO36/c1-27(76)71-38-48(104-57-45(85)40(80)31(78)21-95-57)42(82)34(22-96-56-44(84)39(79)30(77)20-94-56)101-55(38)102-37-12-13-65(6)35(64(37,4)5)11-14-66(7)36(65)10-9-28-29-17-63(2,3)15-16-70(29,52(88)51(87)67(28,66)8)62(91)107-59-50(106-61-54(90)69(93,24-75)26-98-61)49(105-60-53(89)68(92,23-74)25-97-60)47(33(19-73)100-59)103-58-46(86)43(83)41(81)32(18-72)99-58/h9,29-61,72-75,77-90,92-93H,10-26H2,1-8H3,(H,71,76)/t29-,30-,31+,32+,33+,34+,35-,36+,37-,38+,39-,40-,41+,42+,43-,44+,45+,46+,47+,48+,49-,50+,51-,52+,53-,54-,55-,56-,57-,58-,59-,60-,61-,65-,66+,67-,68+,69+,70+/m0/s1. The molecule has 0 unspecified atom stereocenters. The molecule has 11 fully saturated rings. The Hall–Kier alpha value is -2.64. The molecule has 5 aliphatic carbocycles. The highest BCUT2D eigenvalue weighted by atomic mass is 16.8. The Morgan fingerprint density at radius 1 is 0.514 bits per heavy atom. The molecule has 0 aromatic rings. The van der Waals surface area contributed by atoms with Crippen LogP contribution in [0, 0.1) is 50.2 Å². The van der Waals surface area contributed by atoms with E-state index in [1.165, 1.54) is 6.92 Å². The quantitative estimate of drug-likeness (QED) is 0.0306. The van der Waals surface area contributed by atoms with E-state index in [9.17, 15) is 107 Å². The van der Waals surface area contributed by atoms with Crippen molar-refractivity contribution in [2.45, 2.75) is 302 Å². The summed E-state index contributed by atoms with van der Waals surface area (Å²) in [5, 5.41) is 226. The van der Waals surface area contributed by atoms with E-state index in [0.29, 0.717) is 37.7 Å². The van der Waals surface area contributed by atoms with Gasteiger partial charge in [0, 0.05) is 12.3 Å². The molecule has 39 atom stereocenters. The molecule has 37 nitrogen and oxygen atoms in total. The summed E-state index contributed by atoms with van der Waals surface area (Å²) in [5.74, 6) is -3.09. The lowest BCUT2D eigenvalue weighted by atomic mass is 9.32. The lowest BCUT2D eigenvalue weighted by Crippen LogP contribution is -2.73. The molecule has 21 N–H and O–H groups in total. The Bertz CT molecular complexity index is 3120. The number of aliphatic hydroxyl groups excluding tert-OH is 18. The first-order chi connectivity index (χ1) is 50.2. The number of rotatable bonds is 20. The molecule has 1 amide bonds. The number of aliphatic hydroxyl groups is 20. The summed E-state index contributed by atoms with van der Waals surface area (Å²) in [6, 6.07) is -1.37. The maximum absolute atomic E-state index is 16.3. The number of allylic oxidation sites excluding steroid dienone is 1. The van der Waals surface area contributed by atoms with Crippen molar-refractivity contribution in [2.75, 3.05) is 59.5 Å². The zero-order chi connectivity index (χ0) is 78.1. The molecule has 0 bridgehead atoms. The van der Waals surface area contributed by atoms with Crippen LogP contribution >= 0.6 is 0 Å². The predicted molar refractivity (Wildman–Crippen MR) is 351 cm³/mol. The van der Waals surface area contributed by atoms with Crippen molar-refractivity contribution in [3.8, 4) is 0 Å². The molecule has 7 heterocycles. The smallest absolute Gasteiger partial charge is 0.317 e. The third-order valence-electron chi connectivity index (χ3n) is 27.0. The summed E-state index contributed by atoms with van der Waals surface area (Å²) in [6.07, 6.45) is -46.8. The fraction of sp³-hybridized carbons (Fsp3) is 0.943. The van der Waals surface area contributed by atoms with E-state index in [1.54, 1.807) is 0 Å². The second-order valence-corrected chi connectivity index (χ2v) is 34.1. The number of carbonyl (C=O) groups is 2. The van der Waals surface area contributed by atoms with E-state index in [4.69, 9.17) is 66.3 Å². The maximum atomic E-state index is 16.3. The summed E-state index contributed by atoms with van der Waals surface area (Å²) in [6.45, 7) is 8.45. The first-order valence-electron chi connectivity index (χ1n) is 37.1. The third-order valence-corrected chi connectivity index (χ3v) is 27.0. The Morgan fingerprint density at radius 2 is 1.07 bits per heavy atom. The third kappa shape index (κ3) is 14.3. The van der Waals surface area contributed by atoms with Crippen molar-refractivity contribution in [3.05, 3.63) is 11.6 Å². The zero-order valence-corrected chi connectivity index (χ0v) is 61.1. The number of carbonyl (C=O) groups excluding carboxylic acids is 2. The van der Waals surface area contributed by atoms with Crippen LogP contribution in [0.3, 0.4) is 0 Å². The molecule has 7 saturated heterocycles. The number of esters is 1. The van der Waals surface area contributed by atoms with E-state index in [1.807, 2.05) is 34.6 Å². The molecule has 37 heteroatoms. The van der Waals surface area contributed by atoms with Gasteiger partial charge in [-0.3, -0.25) is 9.59 Å². The van der Waals surface area contributed by atoms with Gasteiger partial charge in [0.1, 0.15) is 133 Å². The minimum Gasteiger partial charge on any atom is -0.432 e. The van der Waals surface area contributed by atoms with E-state index in [0.717, 1.165) is 0 Å². The molecule has 7 aliphatic heterocycles. The number of ether oxygens (including phenoxy) is 14. The van der Waals surface area contributed by atoms with Crippen LogP contribution < -0.4 is 5.32 Å². The van der Waals surface area contributed by atoms with Crippen LogP contribution in [0.2, 0.25) is 0 Å². The highest BCUT2D eigenvalue weighted by Gasteiger charge is 2.76. The summed E-state index contributed by atoms with van der Waals surface area (Å²) in [7, 11) is 0. The summed E-state index contributed by atoms with van der Waals surface area (Å²) in [5.41, 5.74) is -10.1. The largest absolute Gasteiger partial charge is 0.432 e. The van der Waals surface area contributed by atoms with Gasteiger partial charge in [-0.05, 0) is 90.8 Å². The number of nitrogens with one attached hydrogen (secondary N) is 1. The lowest BCUT2D eigenvalue weighted by molar-refractivity contribution is -0.384. The number of hydrogen-bond donors (Lipinski definition) is 21. The maximum Gasteiger partial charge on any atom is 0.317 e. The van der Waals surface area contributed by atoms with Gasteiger partial charge in [-0.2, -0.15) is 0 Å². The Labute approximate surface area is 617 Å². The first kappa shape index (κ1) is 83.8. The van der Waals surface area contributed by atoms with Crippen LogP contribution in [-0.2, 0) is 75.9 Å². The summed E-state index contributed by atoms with van der Waals surface area (Å²) < 4.78 is 85.8. The first-order valence-corrected chi connectivity index (χ1v) is 37.1. The van der Waals surface area contributed by atoms with Crippen molar-refractivity contribution in [3.63, 3.8) is 0 Å². The fourth-order valence-electron chi connectivity index (χ4n) is 20.3. The van der Waals surface area contributed by atoms with Gasteiger partial charge in [0.05, 0.1) is 77.8 Å². The number of amides is 1. The van der Waals surface area contributed by atoms with Gasteiger partial charge in [-0.25, -0.2) is 0 Å². The molecule has 0 radical (unpaired) electrons. The molecule has 0 aromatic heterocycles. The Balaban J connectivity index is 0.853. The molecular weight excluding hydrogens is 1430 g/mol. The predicted octanol–water partition coefficient (Wildman–Crippen LogP) is -7.92. The molecule has 12 aliphatic rings. The monoisotopic (exact) mass is 1540 g/mol. The van der Waals surface area contributed by atoms with Gasteiger partial charge in [0.15, 0.2) is 43.8 Å². The lowest BCUT2D eigenvalue weighted by Gasteiger charge is -2.72. The number of fused-ring (bicyclic) bond motifs is 7. The second-order valence-electron chi connectivity index (χ2n) is 34.1. The molecule has 0 spiro atoms. The molecule has 12 rings (SSSR count). The molecular formula is C70H113NO36. The Morgan fingerprint density at radius 3 is 1.65 bits per heavy atom. The van der Waals surface area contributed by atoms with Gasteiger partial charge in [-0.1, -0.05) is 60.1 Å². The van der Waals surface area contributed by atoms with Crippen LogP contribution in [0.5, 0.6) is 0 Å². The highest BCUT2D eigenvalue weighted by Crippen LogP contribution is 2.76. The van der Waals surface area contributed by atoms with Crippen molar-refractivity contribution in [1.82, 2.24) is 5.32 Å². The van der Waals surface area contributed by atoms with Crippen molar-refractivity contribution < 1.29 is 178 Å². The molecule has 107 heavy (non-hydrogen) atoms. The van der Waals surface area contributed by atoms with Crippen LogP contribution in [-0.4, -0.2) is 369 Å². The SMILES string of the molecule is CC(=O)N[C@H]1[C@H](O[C@H]2CC[C@]3(C)[C@H]4CC=C5[C@@H]6CC(C)(C)CC[C@]6(C(=O)O[C@@H]6O[C@H](CO)[C@@H](O[C@@H]7O[C@H](CO)[C@@H](O)[C@H](O)[C@H]7O)[C@H](O[C@@H]7OC[C@](O)(CO)[C@H]7O)[C@H]6O[C@@H]6OC[C@](O)(CO)[C@H]6O)[C@H](O)[C@H](O)[C@@]5(C)[C@]4(C)CC[C@H]3C2(C)C)O[C@H](CO[C@@H]2OC[C@H](O)[C@H](O)[C@H]2O)[C@@H](O)[C@@H]1O[C@@H]1OC[C@@H](O)[C@H](O)[C@H]1O. The Kier molecular flexibility index (Phi) is 24.4. The van der Waals surface area contributed by atoms with Crippen LogP contribution in [0.25, 0.3) is 0 Å². The average Bonchev–Trinajstić information content (AvgIpc) is 1.02. The number of hydrogen-bond acceptors (Lipinski definition) is 36. The second kappa shape index (κ2) is 31.2. The highest BCUT2D eigenvalue weighted by molar-refractivity contribution is 5.80. The average molecular weight is 1540 g/mol. The molecule has 614 valence electrons. The summed E-state index contributed by atoms with van der Waals surface area (Å²) >= 11 is 0. The van der Waals surface area contributed by atoms with Crippen molar-refractivity contribution in [1.29, 1.82) is 0 Å². The molecule has 0 aromatic carbocycles. The van der Waals surface area contributed by atoms with Gasteiger partial charge in [-0.15, -0.1) is 0 Å². The van der Waals surface area contributed by atoms with Crippen molar-refractivity contribution in [2.24, 2.45) is 50.2 Å². The van der Waals surface area contributed by atoms with Gasteiger partial charge < -0.3 is 174 Å². The topological polar surface area (TPSA) is 580 Å². The van der Waals surface area contributed by atoms with Crippen LogP contribution in [0.4, 0.5) is 0 Å². The van der Waals surface area contributed by atoms with Crippen molar-refractivity contribution >= 4 is 11.9 Å². The molecule has 4 saturated carbocycles. The van der Waals surface area contributed by atoms with E-state index in [2.05, 4.69) is 25.2 Å². The summed E-state index contributed by atoms with van der Waals surface area (Å²) in [4.78, 5) is 29.5. The minimum atomic E-state index is -2.37. The van der Waals surface area contributed by atoms with E-state index < -0.39 is 305 Å². The van der Waals surface area contributed by atoms with Gasteiger partial charge in [0.25, 0.3) is 0 Å². The van der Waals surface area contributed by atoms with E-state index in [-0.39, 0.29) is 31.1 Å². The van der Waals surface area contributed by atoms with E-state index >= 15 is 4.79 Å². The van der Waals surface area contributed by atoms with Gasteiger partial charge in [0.2, 0.25) is 12.2 Å². The zero-order valence-electron chi connectivity index (χ0n) is 61.1. The normalized spacial score (nSPS) is 53.2. The fourth-order valence-corrected chi connectivity index (χ4v) is 20.3. The van der Waals surface area contributed by atoms with Crippen LogP contribution in [0.1, 0.15) is 107 Å². The van der Waals surface area contributed by atoms with Crippen LogP contribution in [0.15, 0.2) is 11.6 Å². The minimum absolute atomic E-state index is 0.102.